The molecule has 0 saturated heterocycles. The van der Waals surface area contributed by atoms with Gasteiger partial charge in [0.25, 0.3) is 5.91 Å². The quantitative estimate of drug-likeness (QED) is 0.882. The first-order chi connectivity index (χ1) is 10.6. The van der Waals surface area contributed by atoms with Crippen LogP contribution in [0.2, 0.25) is 0 Å². The molecular formula is C18H21NO3. The van der Waals surface area contributed by atoms with E-state index in [1.54, 1.807) is 13.2 Å². The molecule has 0 saturated carbocycles. The zero-order chi connectivity index (χ0) is 15.9. The third kappa shape index (κ3) is 4.01. The van der Waals surface area contributed by atoms with E-state index in [-0.39, 0.29) is 5.91 Å². The molecule has 1 atom stereocenters. The van der Waals surface area contributed by atoms with E-state index in [1.165, 1.54) is 0 Å². The van der Waals surface area contributed by atoms with Crippen molar-refractivity contribution >= 4 is 11.6 Å². The second-order valence-electron chi connectivity index (χ2n) is 5.00. The van der Waals surface area contributed by atoms with Gasteiger partial charge in [-0.2, -0.15) is 0 Å². The normalized spacial score (nSPS) is 11.6. The number of nitrogens with one attached hydrogen (secondary N) is 1. The fourth-order valence-corrected chi connectivity index (χ4v) is 2.09. The monoisotopic (exact) mass is 299 g/mol. The van der Waals surface area contributed by atoms with Crippen molar-refractivity contribution in [2.24, 2.45) is 0 Å². The molecule has 1 unspecified atom stereocenters. The van der Waals surface area contributed by atoms with Gasteiger partial charge in [0.2, 0.25) is 0 Å². The third-order valence-electron chi connectivity index (χ3n) is 3.36. The van der Waals surface area contributed by atoms with Crippen molar-refractivity contribution in [2.45, 2.75) is 26.4 Å². The highest BCUT2D eigenvalue weighted by Crippen LogP contribution is 2.21. The molecule has 0 heterocycles. The van der Waals surface area contributed by atoms with Gasteiger partial charge in [-0.05, 0) is 37.1 Å². The van der Waals surface area contributed by atoms with Crippen LogP contribution >= 0.6 is 0 Å². The number of hydrogen-bond acceptors (Lipinski definition) is 3. The maximum atomic E-state index is 12.4. The first-order valence-electron chi connectivity index (χ1n) is 7.31. The van der Waals surface area contributed by atoms with Crippen LogP contribution in [0, 0.1) is 6.92 Å². The Morgan fingerprint density at radius 1 is 1.18 bits per heavy atom. The van der Waals surface area contributed by atoms with Gasteiger partial charge in [0, 0.05) is 11.8 Å². The minimum atomic E-state index is -0.535. The Bertz CT molecular complexity index is 640. The minimum Gasteiger partial charge on any atom is -0.497 e. The summed E-state index contributed by atoms with van der Waals surface area (Å²) in [7, 11) is 1.59. The lowest BCUT2D eigenvalue weighted by molar-refractivity contribution is -0.122. The highest BCUT2D eigenvalue weighted by atomic mass is 16.5. The summed E-state index contributed by atoms with van der Waals surface area (Å²) in [5.41, 5.74) is 1.70. The largest absolute Gasteiger partial charge is 0.497 e. The van der Waals surface area contributed by atoms with Gasteiger partial charge < -0.3 is 14.8 Å². The lowest BCUT2D eigenvalue weighted by Crippen LogP contribution is -2.32. The van der Waals surface area contributed by atoms with Crippen LogP contribution in [-0.2, 0) is 4.79 Å². The Labute approximate surface area is 131 Å². The highest BCUT2D eigenvalue weighted by molar-refractivity contribution is 5.94. The van der Waals surface area contributed by atoms with E-state index < -0.39 is 6.10 Å². The van der Waals surface area contributed by atoms with Gasteiger partial charge in [0.15, 0.2) is 6.10 Å². The number of hydrogen-bond donors (Lipinski definition) is 1. The van der Waals surface area contributed by atoms with Gasteiger partial charge in [0.1, 0.15) is 11.5 Å². The molecule has 116 valence electrons. The molecule has 4 heteroatoms. The molecule has 0 aromatic heterocycles. The number of amides is 1. The van der Waals surface area contributed by atoms with Gasteiger partial charge in [-0.15, -0.1) is 0 Å². The summed E-state index contributed by atoms with van der Waals surface area (Å²) in [5.74, 6) is 1.26. The molecule has 2 aromatic carbocycles. The molecular weight excluding hydrogens is 278 g/mol. The summed E-state index contributed by atoms with van der Waals surface area (Å²) < 4.78 is 11.0. The zero-order valence-electron chi connectivity index (χ0n) is 13.1. The fourth-order valence-electron chi connectivity index (χ4n) is 2.09. The number of para-hydroxylation sites is 1. The van der Waals surface area contributed by atoms with E-state index in [4.69, 9.17) is 9.47 Å². The van der Waals surface area contributed by atoms with Crippen LogP contribution in [0.25, 0.3) is 0 Å². The number of aryl methyl sites for hydroxylation is 1. The number of carbonyl (C=O) groups excluding carboxylic acids is 1. The van der Waals surface area contributed by atoms with Crippen molar-refractivity contribution in [1.82, 2.24) is 0 Å². The van der Waals surface area contributed by atoms with Crippen LogP contribution < -0.4 is 14.8 Å². The van der Waals surface area contributed by atoms with Gasteiger partial charge >= 0.3 is 0 Å². The van der Waals surface area contributed by atoms with Crippen LogP contribution in [0.5, 0.6) is 11.5 Å². The molecule has 0 aliphatic rings. The zero-order valence-corrected chi connectivity index (χ0v) is 13.1. The second kappa shape index (κ2) is 7.50. The van der Waals surface area contributed by atoms with Gasteiger partial charge in [0.05, 0.1) is 7.11 Å². The van der Waals surface area contributed by atoms with E-state index in [1.807, 2.05) is 56.3 Å². The molecule has 1 N–H and O–H groups in total. The molecule has 2 aromatic rings. The van der Waals surface area contributed by atoms with Crippen LogP contribution in [0.4, 0.5) is 5.69 Å². The lowest BCUT2D eigenvalue weighted by atomic mass is 10.2. The summed E-state index contributed by atoms with van der Waals surface area (Å²) in [6, 6.07) is 14.9. The lowest BCUT2D eigenvalue weighted by Gasteiger charge is -2.18. The second-order valence-corrected chi connectivity index (χ2v) is 5.00. The summed E-state index contributed by atoms with van der Waals surface area (Å²) in [6.07, 6.45) is 0.0525. The molecule has 0 aliphatic heterocycles. The summed E-state index contributed by atoms with van der Waals surface area (Å²) in [5, 5.41) is 2.86. The van der Waals surface area contributed by atoms with E-state index in [0.717, 1.165) is 11.3 Å². The average molecular weight is 299 g/mol. The van der Waals surface area contributed by atoms with Crippen molar-refractivity contribution in [3.63, 3.8) is 0 Å². The Balaban J connectivity index is 2.07. The summed E-state index contributed by atoms with van der Waals surface area (Å²) in [6.45, 7) is 3.89. The van der Waals surface area contributed by atoms with Crippen molar-refractivity contribution in [1.29, 1.82) is 0 Å². The SMILES string of the molecule is CCC(Oc1ccccc1C)C(=O)Nc1cccc(OC)c1. The predicted molar refractivity (Wildman–Crippen MR) is 87.5 cm³/mol. The van der Waals surface area contributed by atoms with Gasteiger partial charge in [-0.25, -0.2) is 0 Å². The number of benzene rings is 2. The predicted octanol–water partition coefficient (Wildman–Crippen LogP) is 3.80. The van der Waals surface area contributed by atoms with Crippen LogP contribution in [0.1, 0.15) is 18.9 Å². The van der Waals surface area contributed by atoms with Crippen LogP contribution in [0.3, 0.4) is 0 Å². The topological polar surface area (TPSA) is 47.6 Å². The molecule has 2 rings (SSSR count). The smallest absolute Gasteiger partial charge is 0.265 e. The van der Waals surface area contributed by atoms with E-state index in [0.29, 0.717) is 17.9 Å². The molecule has 22 heavy (non-hydrogen) atoms. The number of carbonyl (C=O) groups is 1. The Kier molecular flexibility index (Phi) is 5.42. The van der Waals surface area contributed by atoms with E-state index in [2.05, 4.69) is 5.32 Å². The first-order valence-corrected chi connectivity index (χ1v) is 7.31. The van der Waals surface area contributed by atoms with E-state index in [9.17, 15) is 4.79 Å². The highest BCUT2D eigenvalue weighted by Gasteiger charge is 2.19. The van der Waals surface area contributed by atoms with Gasteiger partial charge in [-0.3, -0.25) is 4.79 Å². The third-order valence-corrected chi connectivity index (χ3v) is 3.36. The standard InChI is InChI=1S/C18H21NO3/c1-4-16(22-17-11-6-5-8-13(17)2)18(20)19-14-9-7-10-15(12-14)21-3/h5-12,16H,4H2,1-3H3,(H,19,20). The Hall–Kier alpha value is -2.49. The van der Waals surface area contributed by atoms with Crippen molar-refractivity contribution < 1.29 is 14.3 Å². The van der Waals surface area contributed by atoms with E-state index >= 15 is 0 Å². The first kappa shape index (κ1) is 15.9. The number of anilines is 1. The molecule has 1 amide bonds. The molecule has 0 bridgehead atoms. The fraction of sp³-hybridized carbons (Fsp3) is 0.278. The number of rotatable bonds is 6. The Morgan fingerprint density at radius 3 is 2.64 bits per heavy atom. The molecule has 0 fully saturated rings. The number of ether oxygens (including phenoxy) is 2. The molecule has 0 spiro atoms. The molecule has 0 radical (unpaired) electrons. The maximum Gasteiger partial charge on any atom is 0.265 e. The van der Waals surface area contributed by atoms with Crippen molar-refractivity contribution in [3.05, 3.63) is 54.1 Å². The summed E-state index contributed by atoms with van der Waals surface area (Å²) in [4.78, 5) is 12.4. The summed E-state index contributed by atoms with van der Waals surface area (Å²) >= 11 is 0. The molecule has 4 nitrogen and oxygen atoms in total. The Morgan fingerprint density at radius 2 is 1.95 bits per heavy atom. The van der Waals surface area contributed by atoms with Crippen LogP contribution in [0.15, 0.2) is 48.5 Å². The van der Waals surface area contributed by atoms with Crippen molar-refractivity contribution in [2.75, 3.05) is 12.4 Å². The van der Waals surface area contributed by atoms with Crippen LogP contribution in [-0.4, -0.2) is 19.1 Å². The number of methoxy groups -OCH3 is 1. The van der Waals surface area contributed by atoms with Gasteiger partial charge in [-0.1, -0.05) is 31.2 Å². The molecule has 0 aliphatic carbocycles. The maximum absolute atomic E-state index is 12.4. The van der Waals surface area contributed by atoms with Crippen molar-refractivity contribution in [3.8, 4) is 11.5 Å². The minimum absolute atomic E-state index is 0.168. The average Bonchev–Trinajstić information content (AvgIpc) is 2.54.